The van der Waals surface area contributed by atoms with E-state index in [4.69, 9.17) is 11.6 Å². The lowest BCUT2D eigenvalue weighted by Crippen LogP contribution is -3.00. The van der Waals surface area contributed by atoms with Gasteiger partial charge in [0.1, 0.15) is 0 Å². The first kappa shape index (κ1) is 9.54. The Hall–Kier alpha value is 0.540. The van der Waals surface area contributed by atoms with E-state index in [1.807, 2.05) is 0 Å². The summed E-state index contributed by atoms with van der Waals surface area (Å²) in [7, 11) is 0. The number of hydrogen-bond donors (Lipinski definition) is 0. The monoisotopic (exact) mass is 168 g/mol. The molecule has 0 aromatic carbocycles. The summed E-state index contributed by atoms with van der Waals surface area (Å²) in [5.74, 6) is 0.792. The van der Waals surface area contributed by atoms with Crippen LogP contribution in [0.1, 0.15) is 12.8 Å². The molecule has 1 rings (SSSR count). The van der Waals surface area contributed by atoms with Gasteiger partial charge in [0.15, 0.2) is 0 Å². The summed E-state index contributed by atoms with van der Waals surface area (Å²) in [4.78, 5) is 2.41. The molecule has 0 saturated carbocycles. The quantitative estimate of drug-likeness (QED) is 0.446. The highest BCUT2D eigenvalue weighted by molar-refractivity contribution is 6.18. The molecule has 0 radical (unpaired) electrons. The molecular weight excluding hydrogens is 157 g/mol. The lowest BCUT2D eigenvalue weighted by Gasteiger charge is -2.10. The third-order valence-corrected chi connectivity index (χ3v) is 1.77. The Labute approximate surface area is 67.8 Å². The molecule has 0 N–H and O–H groups in total. The number of hydrogen-bond acceptors (Lipinski definition) is 1. The molecule has 3 heteroatoms. The van der Waals surface area contributed by atoms with Crippen LogP contribution in [-0.4, -0.2) is 30.4 Å². The van der Waals surface area contributed by atoms with E-state index >= 15 is 0 Å². The third kappa shape index (κ3) is 3.29. The van der Waals surface area contributed by atoms with E-state index in [-0.39, 0.29) is 12.4 Å². The highest BCUT2D eigenvalue weighted by Gasteiger charge is 2.08. The summed E-state index contributed by atoms with van der Waals surface area (Å²) in [6, 6.07) is 0. The minimum atomic E-state index is 0. The Morgan fingerprint density at radius 2 is 1.78 bits per heavy atom. The molecule has 1 nitrogen and oxygen atoms in total. The van der Waals surface area contributed by atoms with Gasteiger partial charge >= 0.3 is 0 Å². The van der Waals surface area contributed by atoms with Gasteiger partial charge in [-0.25, -0.2) is 0 Å². The molecule has 0 atom stereocenters. The van der Waals surface area contributed by atoms with Crippen LogP contribution in [0.5, 0.6) is 0 Å². The Balaban J connectivity index is 0.000000640. The zero-order chi connectivity index (χ0) is 5.82. The van der Waals surface area contributed by atoms with E-state index in [9.17, 15) is 0 Å². The van der Waals surface area contributed by atoms with Gasteiger partial charge in [0.2, 0.25) is 0 Å². The lowest BCUT2D eigenvalue weighted by molar-refractivity contribution is -0.00000164. The minimum Gasteiger partial charge on any atom is -1.00 e. The molecular formula is C6H12Cl2N-. The zero-order valence-electron chi connectivity index (χ0n) is 5.45. The molecule has 0 aliphatic carbocycles. The second-order valence-corrected chi connectivity index (χ2v) is 2.62. The predicted octanol–water partition coefficient (Wildman–Crippen LogP) is -1.67. The highest BCUT2D eigenvalue weighted by atomic mass is 35.5. The van der Waals surface area contributed by atoms with Crippen molar-refractivity contribution < 1.29 is 12.4 Å². The normalized spacial score (nSPS) is 19.7. The Morgan fingerprint density at radius 3 is 2.22 bits per heavy atom. The van der Waals surface area contributed by atoms with Gasteiger partial charge in [-0.2, -0.15) is 0 Å². The van der Waals surface area contributed by atoms with Crippen molar-refractivity contribution in [2.24, 2.45) is 0 Å². The fourth-order valence-electron chi connectivity index (χ4n) is 1.13. The average molecular weight is 169 g/mol. The molecule has 9 heavy (non-hydrogen) atoms. The highest BCUT2D eigenvalue weighted by Crippen LogP contribution is 2.05. The summed E-state index contributed by atoms with van der Waals surface area (Å²) >= 11 is 5.54. The summed E-state index contributed by atoms with van der Waals surface area (Å²) in [5.41, 5.74) is 0. The van der Waals surface area contributed by atoms with Crippen LogP contribution in [0.4, 0.5) is 0 Å². The van der Waals surface area contributed by atoms with E-state index in [0.717, 1.165) is 12.4 Å². The molecule has 0 aromatic heterocycles. The van der Waals surface area contributed by atoms with E-state index in [0.29, 0.717) is 0 Å². The average Bonchev–Trinajstić information content (AvgIpc) is 2.19. The molecule has 1 aliphatic heterocycles. The molecule has 0 amide bonds. The van der Waals surface area contributed by atoms with Crippen molar-refractivity contribution in [1.82, 2.24) is 4.90 Å². The van der Waals surface area contributed by atoms with Gasteiger partial charge in [-0.05, 0) is 25.9 Å². The molecule has 0 unspecified atom stereocenters. The van der Waals surface area contributed by atoms with E-state index in [1.54, 1.807) is 0 Å². The number of nitrogens with zero attached hydrogens (tertiary/aromatic N) is 1. The van der Waals surface area contributed by atoms with Gasteiger partial charge in [-0.3, -0.25) is 0 Å². The van der Waals surface area contributed by atoms with E-state index < -0.39 is 0 Å². The molecule has 1 aliphatic rings. The van der Waals surface area contributed by atoms with Crippen molar-refractivity contribution in [3.63, 3.8) is 0 Å². The summed E-state index contributed by atoms with van der Waals surface area (Å²) in [5, 5.41) is 0. The Morgan fingerprint density at radius 1 is 1.22 bits per heavy atom. The van der Waals surface area contributed by atoms with Gasteiger partial charge < -0.3 is 17.3 Å². The van der Waals surface area contributed by atoms with Crippen molar-refractivity contribution in [3.05, 3.63) is 0 Å². The standard InChI is InChI=1S/C6H12ClN.ClH/c7-3-6-8-4-1-2-5-8;/h1-6H2;1H/p-1. The fraction of sp³-hybridized carbons (Fsp3) is 1.00. The van der Waals surface area contributed by atoms with Crippen molar-refractivity contribution >= 4 is 11.6 Å². The smallest absolute Gasteiger partial charge is 0.0351 e. The molecule has 1 heterocycles. The zero-order valence-corrected chi connectivity index (χ0v) is 6.96. The maximum Gasteiger partial charge on any atom is 0.0351 e. The fourth-order valence-corrected chi connectivity index (χ4v) is 1.36. The van der Waals surface area contributed by atoms with Gasteiger partial charge in [0, 0.05) is 12.4 Å². The number of halogens is 2. The number of likely N-dealkylation sites (tertiary alicyclic amines) is 1. The van der Waals surface area contributed by atoms with Crippen molar-refractivity contribution in [1.29, 1.82) is 0 Å². The van der Waals surface area contributed by atoms with Crippen molar-refractivity contribution in [2.75, 3.05) is 25.5 Å². The largest absolute Gasteiger partial charge is 1.00 e. The van der Waals surface area contributed by atoms with Crippen LogP contribution >= 0.6 is 11.6 Å². The molecule has 1 fully saturated rings. The van der Waals surface area contributed by atoms with Gasteiger partial charge in [-0.15, -0.1) is 11.6 Å². The Bertz CT molecular complexity index is 62.1. The van der Waals surface area contributed by atoms with Crippen LogP contribution in [0.25, 0.3) is 0 Å². The topological polar surface area (TPSA) is 3.24 Å². The molecule has 1 saturated heterocycles. The second kappa shape index (κ2) is 5.33. The van der Waals surface area contributed by atoms with Crippen LogP contribution in [0.2, 0.25) is 0 Å². The maximum atomic E-state index is 5.54. The number of alkyl halides is 1. The van der Waals surface area contributed by atoms with Crippen molar-refractivity contribution in [2.45, 2.75) is 12.8 Å². The summed E-state index contributed by atoms with van der Waals surface area (Å²) < 4.78 is 0. The van der Waals surface area contributed by atoms with Crippen LogP contribution in [0.3, 0.4) is 0 Å². The van der Waals surface area contributed by atoms with Gasteiger partial charge in [0.05, 0.1) is 0 Å². The Kier molecular flexibility index (Phi) is 5.65. The first-order valence-electron chi connectivity index (χ1n) is 3.22. The first-order chi connectivity index (χ1) is 3.93. The van der Waals surface area contributed by atoms with Crippen LogP contribution in [0.15, 0.2) is 0 Å². The van der Waals surface area contributed by atoms with Crippen LogP contribution < -0.4 is 12.4 Å². The van der Waals surface area contributed by atoms with E-state index in [1.165, 1.54) is 25.9 Å². The molecule has 0 spiro atoms. The van der Waals surface area contributed by atoms with Crippen molar-refractivity contribution in [3.8, 4) is 0 Å². The predicted molar refractivity (Wildman–Crippen MR) is 36.4 cm³/mol. The third-order valence-electron chi connectivity index (χ3n) is 1.60. The molecule has 0 bridgehead atoms. The first-order valence-corrected chi connectivity index (χ1v) is 3.75. The van der Waals surface area contributed by atoms with E-state index in [2.05, 4.69) is 4.90 Å². The minimum absolute atomic E-state index is 0. The summed E-state index contributed by atoms with van der Waals surface area (Å²) in [6.45, 7) is 3.63. The maximum absolute atomic E-state index is 5.54. The van der Waals surface area contributed by atoms with Gasteiger partial charge in [-0.1, -0.05) is 0 Å². The molecule has 56 valence electrons. The van der Waals surface area contributed by atoms with Crippen LogP contribution in [0, 0.1) is 0 Å². The summed E-state index contributed by atoms with van der Waals surface area (Å²) in [6.07, 6.45) is 2.74. The van der Waals surface area contributed by atoms with Crippen LogP contribution in [-0.2, 0) is 0 Å². The van der Waals surface area contributed by atoms with Gasteiger partial charge in [0.25, 0.3) is 0 Å². The number of rotatable bonds is 2. The molecule has 0 aromatic rings. The lowest BCUT2D eigenvalue weighted by atomic mass is 10.4. The SMILES string of the molecule is ClCCN1CCCC1.[Cl-]. The second-order valence-electron chi connectivity index (χ2n) is 2.24.